The van der Waals surface area contributed by atoms with Gasteiger partial charge in [0, 0.05) is 11.8 Å². The second-order valence-corrected chi connectivity index (χ2v) is 9.25. The first-order chi connectivity index (χ1) is 14.5. The van der Waals surface area contributed by atoms with E-state index in [4.69, 9.17) is 11.5 Å². The highest BCUT2D eigenvalue weighted by Crippen LogP contribution is 2.25. The molecule has 0 bridgehead atoms. The first-order valence-electron chi connectivity index (χ1n) is 13.1. The summed E-state index contributed by atoms with van der Waals surface area (Å²) in [6, 6.07) is 0. The van der Waals surface area contributed by atoms with Crippen molar-refractivity contribution in [3.8, 4) is 0 Å². The molecule has 0 saturated carbocycles. The SMILES string of the molecule is CCCCCCCCCCCCCCCCC(C(N)=O)C(CCCCCC)C(N)=O. The Morgan fingerprint density at radius 3 is 0.967 bits per heavy atom. The molecule has 0 saturated heterocycles. The highest BCUT2D eigenvalue weighted by molar-refractivity contribution is 5.85. The molecule has 0 spiro atoms. The molecule has 2 amide bonds. The number of carbonyl (C=O) groups is 2. The van der Waals surface area contributed by atoms with E-state index >= 15 is 0 Å². The Balaban J connectivity index is 3.80. The number of nitrogens with two attached hydrogens (primary N) is 2. The summed E-state index contributed by atoms with van der Waals surface area (Å²) in [5, 5.41) is 0. The average molecular weight is 425 g/mol. The fourth-order valence-electron chi connectivity index (χ4n) is 4.43. The molecule has 4 nitrogen and oxygen atoms in total. The van der Waals surface area contributed by atoms with E-state index in [-0.39, 0.29) is 23.7 Å². The molecule has 4 heteroatoms. The number of primary amides is 2. The molecule has 0 aliphatic heterocycles. The molecular formula is C26H52N2O2. The molecule has 0 aliphatic rings. The first kappa shape index (κ1) is 28.9. The Hall–Kier alpha value is -1.06. The maximum atomic E-state index is 11.9. The van der Waals surface area contributed by atoms with E-state index in [2.05, 4.69) is 13.8 Å². The van der Waals surface area contributed by atoms with Crippen LogP contribution < -0.4 is 11.5 Å². The molecule has 0 aromatic rings. The summed E-state index contributed by atoms with van der Waals surface area (Å²) in [7, 11) is 0. The van der Waals surface area contributed by atoms with Crippen LogP contribution in [0.1, 0.15) is 142 Å². The molecule has 0 rings (SSSR count). The molecule has 0 heterocycles. The summed E-state index contributed by atoms with van der Waals surface area (Å²) in [5.74, 6) is -1.49. The zero-order chi connectivity index (χ0) is 22.5. The Kier molecular flexibility index (Phi) is 20.4. The van der Waals surface area contributed by atoms with Gasteiger partial charge in [-0.25, -0.2) is 0 Å². The summed E-state index contributed by atoms with van der Waals surface area (Å²) < 4.78 is 0. The van der Waals surface area contributed by atoms with Crippen LogP contribution in [0, 0.1) is 11.8 Å². The van der Waals surface area contributed by atoms with E-state index in [0.717, 1.165) is 38.5 Å². The van der Waals surface area contributed by atoms with Crippen molar-refractivity contribution in [2.24, 2.45) is 23.3 Å². The molecule has 0 aromatic heterocycles. The van der Waals surface area contributed by atoms with Gasteiger partial charge >= 0.3 is 0 Å². The number of hydrogen-bond acceptors (Lipinski definition) is 2. The Bertz CT molecular complexity index is 412. The van der Waals surface area contributed by atoms with E-state index in [1.165, 1.54) is 77.0 Å². The lowest BCUT2D eigenvalue weighted by Crippen LogP contribution is -2.37. The van der Waals surface area contributed by atoms with Gasteiger partial charge in [0.25, 0.3) is 0 Å². The predicted octanol–water partition coefficient (Wildman–Crippen LogP) is 7.03. The van der Waals surface area contributed by atoms with Crippen molar-refractivity contribution in [2.45, 2.75) is 142 Å². The maximum Gasteiger partial charge on any atom is 0.221 e. The lowest BCUT2D eigenvalue weighted by atomic mass is 9.83. The molecule has 178 valence electrons. The Labute approximate surface area is 187 Å². The van der Waals surface area contributed by atoms with E-state index in [9.17, 15) is 9.59 Å². The van der Waals surface area contributed by atoms with Crippen LogP contribution in [0.15, 0.2) is 0 Å². The fraction of sp³-hybridized carbons (Fsp3) is 0.923. The minimum atomic E-state index is -0.388. The van der Waals surface area contributed by atoms with Gasteiger partial charge in [0.05, 0.1) is 0 Å². The van der Waals surface area contributed by atoms with Gasteiger partial charge in [-0.2, -0.15) is 0 Å². The summed E-state index contributed by atoms with van der Waals surface area (Å²) in [4.78, 5) is 23.8. The lowest BCUT2D eigenvalue weighted by molar-refractivity contribution is -0.132. The monoisotopic (exact) mass is 424 g/mol. The fourth-order valence-corrected chi connectivity index (χ4v) is 4.43. The molecule has 2 unspecified atom stereocenters. The van der Waals surface area contributed by atoms with Crippen LogP contribution in [0.4, 0.5) is 0 Å². The quantitative estimate of drug-likeness (QED) is 0.172. The molecule has 2 atom stereocenters. The minimum Gasteiger partial charge on any atom is -0.369 e. The van der Waals surface area contributed by atoms with Crippen molar-refractivity contribution in [1.82, 2.24) is 0 Å². The smallest absolute Gasteiger partial charge is 0.221 e. The van der Waals surface area contributed by atoms with Crippen LogP contribution in [0.5, 0.6) is 0 Å². The molecule has 0 fully saturated rings. The zero-order valence-corrected chi connectivity index (χ0v) is 20.3. The van der Waals surface area contributed by atoms with Gasteiger partial charge in [-0.3, -0.25) is 9.59 Å². The molecule has 0 aromatic carbocycles. The number of carbonyl (C=O) groups excluding carboxylic acids is 2. The number of hydrogen-bond donors (Lipinski definition) is 2. The Morgan fingerprint density at radius 2 is 0.700 bits per heavy atom. The van der Waals surface area contributed by atoms with Crippen LogP contribution in [0.25, 0.3) is 0 Å². The second kappa shape index (κ2) is 21.2. The van der Waals surface area contributed by atoms with Crippen LogP contribution in [-0.2, 0) is 9.59 Å². The van der Waals surface area contributed by atoms with Gasteiger partial charge in [-0.1, -0.05) is 129 Å². The molecule has 0 radical (unpaired) electrons. The summed E-state index contributed by atoms with van der Waals surface area (Å²) in [6.07, 6.45) is 24.1. The topological polar surface area (TPSA) is 86.2 Å². The van der Waals surface area contributed by atoms with Crippen LogP contribution in [0.2, 0.25) is 0 Å². The van der Waals surface area contributed by atoms with Gasteiger partial charge in [-0.05, 0) is 12.8 Å². The van der Waals surface area contributed by atoms with Crippen molar-refractivity contribution in [3.05, 3.63) is 0 Å². The third kappa shape index (κ3) is 16.7. The van der Waals surface area contributed by atoms with Crippen molar-refractivity contribution in [3.63, 3.8) is 0 Å². The van der Waals surface area contributed by atoms with Crippen molar-refractivity contribution < 1.29 is 9.59 Å². The van der Waals surface area contributed by atoms with E-state index < -0.39 is 0 Å². The van der Waals surface area contributed by atoms with Crippen LogP contribution in [-0.4, -0.2) is 11.8 Å². The third-order valence-electron chi connectivity index (χ3n) is 6.45. The van der Waals surface area contributed by atoms with E-state index in [1.54, 1.807) is 0 Å². The van der Waals surface area contributed by atoms with Gasteiger partial charge in [0.2, 0.25) is 11.8 Å². The second-order valence-electron chi connectivity index (χ2n) is 9.25. The first-order valence-corrected chi connectivity index (χ1v) is 13.1. The molecule has 4 N–H and O–H groups in total. The van der Waals surface area contributed by atoms with Gasteiger partial charge in [-0.15, -0.1) is 0 Å². The lowest BCUT2D eigenvalue weighted by Gasteiger charge is -2.22. The summed E-state index contributed by atoms with van der Waals surface area (Å²) in [6.45, 7) is 4.43. The Morgan fingerprint density at radius 1 is 0.467 bits per heavy atom. The van der Waals surface area contributed by atoms with Crippen molar-refractivity contribution in [1.29, 1.82) is 0 Å². The predicted molar refractivity (Wildman–Crippen MR) is 129 cm³/mol. The molecule has 0 aliphatic carbocycles. The summed E-state index contributed by atoms with van der Waals surface area (Å²) >= 11 is 0. The number of amides is 2. The maximum absolute atomic E-state index is 11.9. The van der Waals surface area contributed by atoms with Gasteiger partial charge < -0.3 is 11.5 Å². The summed E-state index contributed by atoms with van der Waals surface area (Å²) in [5.41, 5.74) is 11.2. The van der Waals surface area contributed by atoms with E-state index in [0.29, 0.717) is 12.8 Å². The van der Waals surface area contributed by atoms with Gasteiger partial charge in [0.1, 0.15) is 0 Å². The third-order valence-corrected chi connectivity index (χ3v) is 6.45. The van der Waals surface area contributed by atoms with Crippen molar-refractivity contribution in [2.75, 3.05) is 0 Å². The highest BCUT2D eigenvalue weighted by Gasteiger charge is 2.29. The highest BCUT2D eigenvalue weighted by atomic mass is 16.2. The van der Waals surface area contributed by atoms with Crippen LogP contribution >= 0.6 is 0 Å². The normalized spacial score (nSPS) is 13.3. The van der Waals surface area contributed by atoms with Crippen LogP contribution in [0.3, 0.4) is 0 Å². The van der Waals surface area contributed by atoms with Gasteiger partial charge in [0.15, 0.2) is 0 Å². The molecular weight excluding hydrogens is 372 g/mol. The van der Waals surface area contributed by atoms with E-state index in [1.807, 2.05) is 0 Å². The van der Waals surface area contributed by atoms with Crippen molar-refractivity contribution >= 4 is 11.8 Å². The number of unbranched alkanes of at least 4 members (excludes halogenated alkanes) is 16. The zero-order valence-electron chi connectivity index (χ0n) is 20.3. The standard InChI is InChI=1S/C26H52N2O2/c1-3-5-7-9-10-11-12-13-14-15-16-17-18-20-22-24(26(28)30)23(25(27)29)21-19-8-6-4-2/h23-24H,3-22H2,1-2H3,(H2,27,29)(H2,28,30). The largest absolute Gasteiger partial charge is 0.369 e. The molecule has 30 heavy (non-hydrogen) atoms. The minimum absolute atomic E-state index is 0.357. The average Bonchev–Trinajstić information content (AvgIpc) is 2.71. The number of rotatable bonds is 23.